The SMILES string of the molecule is Cc1ccc(-c2c(-c3ccccc3)n(C)c3ccccc23)cc1. The van der Waals surface area contributed by atoms with Crippen LogP contribution in [0, 0.1) is 6.92 Å². The second kappa shape index (κ2) is 5.44. The van der Waals surface area contributed by atoms with Crippen LogP contribution in [-0.4, -0.2) is 4.57 Å². The summed E-state index contributed by atoms with van der Waals surface area (Å²) in [4.78, 5) is 0. The van der Waals surface area contributed by atoms with Crippen LogP contribution in [0.3, 0.4) is 0 Å². The van der Waals surface area contributed by atoms with Crippen LogP contribution >= 0.6 is 0 Å². The normalized spacial score (nSPS) is 11.0. The number of hydrogen-bond donors (Lipinski definition) is 0. The van der Waals surface area contributed by atoms with Gasteiger partial charge in [0.15, 0.2) is 0 Å². The molecule has 0 atom stereocenters. The molecule has 0 amide bonds. The minimum absolute atomic E-state index is 1.25. The first-order chi connectivity index (χ1) is 11.3. The Kier molecular flexibility index (Phi) is 3.27. The van der Waals surface area contributed by atoms with Crippen molar-refractivity contribution in [2.75, 3.05) is 0 Å². The average Bonchev–Trinajstić information content (AvgIpc) is 2.90. The molecule has 0 spiro atoms. The molecule has 0 aliphatic heterocycles. The first kappa shape index (κ1) is 13.8. The van der Waals surface area contributed by atoms with E-state index in [0.29, 0.717) is 0 Å². The molecular weight excluding hydrogens is 278 g/mol. The topological polar surface area (TPSA) is 4.93 Å². The van der Waals surface area contributed by atoms with Gasteiger partial charge in [0.2, 0.25) is 0 Å². The van der Waals surface area contributed by atoms with Gasteiger partial charge in [-0.15, -0.1) is 0 Å². The van der Waals surface area contributed by atoms with Gasteiger partial charge in [-0.2, -0.15) is 0 Å². The Morgan fingerprint density at radius 3 is 2.04 bits per heavy atom. The maximum Gasteiger partial charge on any atom is 0.0568 e. The van der Waals surface area contributed by atoms with Gasteiger partial charge in [-0.05, 0) is 24.1 Å². The highest BCUT2D eigenvalue weighted by atomic mass is 14.9. The minimum Gasteiger partial charge on any atom is -0.343 e. The van der Waals surface area contributed by atoms with Gasteiger partial charge in [-0.25, -0.2) is 0 Å². The summed E-state index contributed by atoms with van der Waals surface area (Å²) < 4.78 is 2.31. The molecule has 1 heteroatoms. The number of nitrogens with zero attached hydrogens (tertiary/aromatic N) is 1. The van der Waals surface area contributed by atoms with Crippen LogP contribution in [0.4, 0.5) is 0 Å². The van der Waals surface area contributed by atoms with E-state index >= 15 is 0 Å². The third-order valence-corrected chi connectivity index (χ3v) is 4.49. The van der Waals surface area contributed by atoms with E-state index < -0.39 is 0 Å². The first-order valence-electron chi connectivity index (χ1n) is 7.95. The average molecular weight is 297 g/mol. The molecule has 0 aliphatic rings. The van der Waals surface area contributed by atoms with Crippen molar-refractivity contribution in [2.24, 2.45) is 7.05 Å². The van der Waals surface area contributed by atoms with Crippen molar-refractivity contribution in [3.8, 4) is 22.4 Å². The standard InChI is InChI=1S/C22H19N/c1-16-12-14-17(15-13-16)21-19-10-6-7-11-20(19)23(2)22(21)18-8-4-3-5-9-18/h3-15H,1-2H3. The molecule has 0 unspecified atom stereocenters. The number of hydrogen-bond acceptors (Lipinski definition) is 0. The van der Waals surface area contributed by atoms with E-state index in [1.807, 2.05) is 0 Å². The highest BCUT2D eigenvalue weighted by Crippen LogP contribution is 2.40. The van der Waals surface area contributed by atoms with E-state index in [1.165, 1.54) is 38.9 Å². The molecule has 1 nitrogen and oxygen atoms in total. The molecule has 0 fully saturated rings. The van der Waals surface area contributed by atoms with Crippen molar-refractivity contribution in [2.45, 2.75) is 6.92 Å². The summed E-state index contributed by atoms with van der Waals surface area (Å²) in [6.45, 7) is 2.13. The van der Waals surface area contributed by atoms with Gasteiger partial charge >= 0.3 is 0 Å². The summed E-state index contributed by atoms with van der Waals surface area (Å²) in [5, 5.41) is 1.30. The number of aryl methyl sites for hydroxylation is 2. The molecule has 4 rings (SSSR count). The molecule has 0 radical (unpaired) electrons. The molecule has 0 saturated heterocycles. The quantitative estimate of drug-likeness (QED) is 0.439. The Morgan fingerprint density at radius 2 is 1.30 bits per heavy atom. The zero-order valence-corrected chi connectivity index (χ0v) is 13.5. The van der Waals surface area contributed by atoms with Crippen LogP contribution in [0.2, 0.25) is 0 Å². The van der Waals surface area contributed by atoms with Crippen LogP contribution in [0.5, 0.6) is 0 Å². The summed E-state index contributed by atoms with van der Waals surface area (Å²) in [5.41, 5.74) is 7.66. The number of fused-ring (bicyclic) bond motifs is 1. The zero-order chi connectivity index (χ0) is 15.8. The fourth-order valence-electron chi connectivity index (χ4n) is 3.34. The van der Waals surface area contributed by atoms with Crippen LogP contribution in [0.15, 0.2) is 78.9 Å². The van der Waals surface area contributed by atoms with E-state index in [1.54, 1.807) is 0 Å². The lowest BCUT2D eigenvalue weighted by Gasteiger charge is -2.09. The lowest BCUT2D eigenvalue weighted by atomic mass is 9.97. The van der Waals surface area contributed by atoms with Crippen molar-refractivity contribution in [3.05, 3.63) is 84.4 Å². The fourth-order valence-corrected chi connectivity index (χ4v) is 3.34. The second-order valence-corrected chi connectivity index (χ2v) is 6.03. The molecule has 23 heavy (non-hydrogen) atoms. The van der Waals surface area contributed by atoms with Gasteiger partial charge < -0.3 is 4.57 Å². The minimum atomic E-state index is 1.25. The number of benzene rings is 3. The number of aromatic nitrogens is 1. The molecule has 0 bridgehead atoms. The van der Waals surface area contributed by atoms with Crippen LogP contribution in [0.25, 0.3) is 33.3 Å². The van der Waals surface area contributed by atoms with E-state index in [0.717, 1.165) is 0 Å². The largest absolute Gasteiger partial charge is 0.343 e. The molecular formula is C22H19N. The predicted octanol–water partition coefficient (Wildman–Crippen LogP) is 5.82. The second-order valence-electron chi connectivity index (χ2n) is 6.03. The van der Waals surface area contributed by atoms with Crippen molar-refractivity contribution in [1.82, 2.24) is 4.57 Å². The summed E-state index contributed by atoms with van der Waals surface area (Å²) >= 11 is 0. The van der Waals surface area contributed by atoms with Gasteiger partial charge in [-0.1, -0.05) is 78.4 Å². The molecule has 3 aromatic carbocycles. The van der Waals surface area contributed by atoms with E-state index in [4.69, 9.17) is 0 Å². The smallest absolute Gasteiger partial charge is 0.0568 e. The van der Waals surface area contributed by atoms with E-state index in [9.17, 15) is 0 Å². The van der Waals surface area contributed by atoms with Crippen molar-refractivity contribution < 1.29 is 0 Å². The first-order valence-corrected chi connectivity index (χ1v) is 7.95. The summed E-state index contributed by atoms with van der Waals surface area (Å²) in [5.74, 6) is 0. The third-order valence-electron chi connectivity index (χ3n) is 4.49. The Labute approximate surface area is 136 Å². The maximum atomic E-state index is 2.31. The summed E-state index contributed by atoms with van der Waals surface area (Å²) in [7, 11) is 2.16. The van der Waals surface area contributed by atoms with Gasteiger partial charge in [0.25, 0.3) is 0 Å². The van der Waals surface area contributed by atoms with Crippen molar-refractivity contribution in [3.63, 3.8) is 0 Å². The number of rotatable bonds is 2. The lowest BCUT2D eigenvalue weighted by molar-refractivity contribution is 0.979. The summed E-state index contributed by atoms with van der Waals surface area (Å²) in [6, 6.07) is 28.1. The zero-order valence-electron chi connectivity index (χ0n) is 13.5. The third kappa shape index (κ3) is 2.25. The predicted molar refractivity (Wildman–Crippen MR) is 98.5 cm³/mol. The van der Waals surface area contributed by atoms with Gasteiger partial charge in [0.05, 0.1) is 5.69 Å². The highest BCUT2D eigenvalue weighted by Gasteiger charge is 2.17. The number of para-hydroxylation sites is 1. The highest BCUT2D eigenvalue weighted by molar-refractivity contribution is 6.04. The Hall–Kier alpha value is -2.80. The Morgan fingerprint density at radius 1 is 0.652 bits per heavy atom. The summed E-state index contributed by atoms with van der Waals surface area (Å²) in [6.07, 6.45) is 0. The molecule has 0 N–H and O–H groups in total. The van der Waals surface area contributed by atoms with Crippen molar-refractivity contribution in [1.29, 1.82) is 0 Å². The lowest BCUT2D eigenvalue weighted by Crippen LogP contribution is -1.92. The molecule has 0 aliphatic carbocycles. The van der Waals surface area contributed by atoms with E-state index in [-0.39, 0.29) is 0 Å². The van der Waals surface area contributed by atoms with Crippen LogP contribution in [0.1, 0.15) is 5.56 Å². The maximum absolute atomic E-state index is 2.31. The molecule has 4 aromatic rings. The molecule has 1 aromatic heterocycles. The Balaban J connectivity index is 2.10. The van der Waals surface area contributed by atoms with E-state index in [2.05, 4.69) is 97.4 Å². The molecule has 1 heterocycles. The Bertz CT molecular complexity index is 960. The monoisotopic (exact) mass is 297 g/mol. The van der Waals surface area contributed by atoms with Crippen LogP contribution < -0.4 is 0 Å². The molecule has 112 valence electrons. The van der Waals surface area contributed by atoms with Gasteiger partial charge in [-0.3, -0.25) is 0 Å². The van der Waals surface area contributed by atoms with Crippen LogP contribution in [-0.2, 0) is 7.05 Å². The fraction of sp³-hybridized carbons (Fsp3) is 0.0909. The molecule has 0 saturated carbocycles. The van der Waals surface area contributed by atoms with Crippen molar-refractivity contribution >= 4 is 10.9 Å². The van der Waals surface area contributed by atoms with Gasteiger partial charge in [0.1, 0.15) is 0 Å². The van der Waals surface area contributed by atoms with Gasteiger partial charge in [0, 0.05) is 23.5 Å².